The standard InChI is InChI=1S/C18H23N3O4S2/c1-12(2)14-4-6-15(7-5-14)27(24,25)21-9-8-20(10-16(21)17(22)23)18-19-13(3)11-26-18/h4-7,11-12,16H,8-10H2,1-3H3,(H,22,23). The number of aromatic nitrogens is 1. The molecular weight excluding hydrogens is 386 g/mol. The van der Waals surface area contributed by atoms with Crippen molar-refractivity contribution in [1.29, 1.82) is 0 Å². The number of benzene rings is 1. The smallest absolute Gasteiger partial charge is 0.323 e. The summed E-state index contributed by atoms with van der Waals surface area (Å²) in [5.41, 5.74) is 1.90. The van der Waals surface area contributed by atoms with Crippen LogP contribution in [0.4, 0.5) is 5.13 Å². The van der Waals surface area contributed by atoms with Crippen LogP contribution < -0.4 is 4.90 Å². The largest absolute Gasteiger partial charge is 0.480 e. The molecule has 0 bridgehead atoms. The number of anilines is 1. The second-order valence-corrected chi connectivity index (χ2v) is 9.64. The molecule has 0 amide bonds. The average molecular weight is 410 g/mol. The minimum atomic E-state index is -3.89. The molecule has 1 N–H and O–H groups in total. The Morgan fingerprint density at radius 2 is 1.93 bits per heavy atom. The molecule has 0 saturated carbocycles. The van der Waals surface area contributed by atoms with E-state index in [1.807, 2.05) is 31.1 Å². The zero-order valence-electron chi connectivity index (χ0n) is 15.5. The van der Waals surface area contributed by atoms with Gasteiger partial charge in [-0.25, -0.2) is 13.4 Å². The van der Waals surface area contributed by atoms with E-state index in [-0.39, 0.29) is 18.0 Å². The quantitative estimate of drug-likeness (QED) is 0.816. The second kappa shape index (κ2) is 7.57. The van der Waals surface area contributed by atoms with Gasteiger partial charge in [0.05, 0.1) is 10.6 Å². The van der Waals surface area contributed by atoms with E-state index in [1.165, 1.54) is 11.3 Å². The topological polar surface area (TPSA) is 90.8 Å². The number of aryl methyl sites for hydroxylation is 1. The van der Waals surface area contributed by atoms with Gasteiger partial charge in [-0.15, -0.1) is 11.3 Å². The third-order valence-corrected chi connectivity index (χ3v) is 7.59. The summed E-state index contributed by atoms with van der Waals surface area (Å²) < 4.78 is 27.2. The van der Waals surface area contributed by atoms with E-state index < -0.39 is 22.0 Å². The molecule has 27 heavy (non-hydrogen) atoms. The first-order chi connectivity index (χ1) is 12.7. The van der Waals surface area contributed by atoms with E-state index in [4.69, 9.17) is 0 Å². The molecule has 1 aromatic carbocycles. The molecule has 1 fully saturated rings. The molecule has 9 heteroatoms. The van der Waals surface area contributed by atoms with Gasteiger partial charge >= 0.3 is 5.97 Å². The zero-order chi connectivity index (χ0) is 19.8. The molecule has 1 unspecified atom stereocenters. The van der Waals surface area contributed by atoms with E-state index in [0.717, 1.165) is 20.7 Å². The number of thiazole rings is 1. The number of carbonyl (C=O) groups is 1. The summed E-state index contributed by atoms with van der Waals surface area (Å²) in [6.07, 6.45) is 0. The molecular formula is C18H23N3O4S2. The summed E-state index contributed by atoms with van der Waals surface area (Å²) in [6, 6.07) is 5.52. The third kappa shape index (κ3) is 3.99. The Morgan fingerprint density at radius 1 is 1.26 bits per heavy atom. The van der Waals surface area contributed by atoms with Crippen LogP contribution in [0.5, 0.6) is 0 Å². The zero-order valence-corrected chi connectivity index (χ0v) is 17.1. The average Bonchev–Trinajstić information content (AvgIpc) is 3.07. The molecule has 0 radical (unpaired) electrons. The maximum atomic E-state index is 13.1. The van der Waals surface area contributed by atoms with Crippen molar-refractivity contribution in [1.82, 2.24) is 9.29 Å². The fraction of sp³-hybridized carbons (Fsp3) is 0.444. The number of sulfonamides is 1. The maximum Gasteiger partial charge on any atom is 0.323 e. The number of carboxylic acid groups (broad SMARTS) is 1. The molecule has 0 spiro atoms. The fourth-order valence-electron chi connectivity index (χ4n) is 3.08. The lowest BCUT2D eigenvalue weighted by molar-refractivity contribution is -0.141. The Balaban J connectivity index is 1.87. The first kappa shape index (κ1) is 19.8. The number of aliphatic carboxylic acids is 1. The summed E-state index contributed by atoms with van der Waals surface area (Å²) in [5.74, 6) is -0.867. The fourth-order valence-corrected chi connectivity index (χ4v) is 5.48. The summed E-state index contributed by atoms with van der Waals surface area (Å²) >= 11 is 1.43. The van der Waals surface area contributed by atoms with E-state index in [0.29, 0.717) is 12.5 Å². The highest BCUT2D eigenvalue weighted by Gasteiger charge is 2.40. The predicted molar refractivity (Wildman–Crippen MR) is 105 cm³/mol. The van der Waals surface area contributed by atoms with E-state index in [2.05, 4.69) is 4.98 Å². The van der Waals surface area contributed by atoms with Gasteiger partial charge in [-0.2, -0.15) is 4.31 Å². The van der Waals surface area contributed by atoms with Gasteiger partial charge in [-0.05, 0) is 30.5 Å². The van der Waals surface area contributed by atoms with Gasteiger partial charge in [-0.3, -0.25) is 4.79 Å². The van der Waals surface area contributed by atoms with Gasteiger partial charge in [0.15, 0.2) is 5.13 Å². The molecule has 1 saturated heterocycles. The van der Waals surface area contributed by atoms with E-state index >= 15 is 0 Å². The van der Waals surface area contributed by atoms with E-state index in [9.17, 15) is 18.3 Å². The highest BCUT2D eigenvalue weighted by Crippen LogP contribution is 2.27. The van der Waals surface area contributed by atoms with Gasteiger partial charge in [0.25, 0.3) is 0 Å². The molecule has 1 aliphatic heterocycles. The lowest BCUT2D eigenvalue weighted by Gasteiger charge is -2.38. The van der Waals surface area contributed by atoms with Crippen molar-refractivity contribution in [3.05, 3.63) is 40.9 Å². The van der Waals surface area contributed by atoms with Gasteiger partial charge in [0.1, 0.15) is 6.04 Å². The Kier molecular flexibility index (Phi) is 5.55. The van der Waals surface area contributed by atoms with Crippen LogP contribution in [0.25, 0.3) is 0 Å². The van der Waals surface area contributed by atoms with Crippen LogP contribution in [-0.4, -0.2) is 54.5 Å². The van der Waals surface area contributed by atoms with Crippen molar-refractivity contribution < 1.29 is 18.3 Å². The van der Waals surface area contributed by atoms with Crippen molar-refractivity contribution >= 4 is 32.5 Å². The lowest BCUT2D eigenvalue weighted by Crippen LogP contribution is -2.58. The normalized spacial score (nSPS) is 18.8. The summed E-state index contributed by atoms with van der Waals surface area (Å²) in [4.78, 5) is 18.2. The van der Waals surface area contributed by atoms with Crippen LogP contribution in [0.2, 0.25) is 0 Å². The maximum absolute atomic E-state index is 13.1. The predicted octanol–water partition coefficient (Wildman–Crippen LogP) is 2.54. The van der Waals surface area contributed by atoms with Gasteiger partial charge in [-0.1, -0.05) is 26.0 Å². The number of carboxylic acids is 1. The number of hydrogen-bond acceptors (Lipinski definition) is 6. The minimum absolute atomic E-state index is 0.0750. The molecule has 7 nitrogen and oxygen atoms in total. The number of piperazine rings is 1. The van der Waals surface area contributed by atoms with Gasteiger partial charge < -0.3 is 10.0 Å². The monoisotopic (exact) mass is 409 g/mol. The van der Waals surface area contributed by atoms with Crippen LogP contribution in [0.1, 0.15) is 31.0 Å². The first-order valence-corrected chi connectivity index (χ1v) is 11.0. The van der Waals surface area contributed by atoms with Crippen LogP contribution in [-0.2, 0) is 14.8 Å². The summed E-state index contributed by atoms with van der Waals surface area (Å²) in [6.45, 7) is 6.51. The number of hydrogen-bond donors (Lipinski definition) is 1. The third-order valence-electron chi connectivity index (χ3n) is 4.65. The summed E-state index contributed by atoms with van der Waals surface area (Å²) in [5, 5.41) is 12.3. The minimum Gasteiger partial charge on any atom is -0.480 e. The molecule has 146 valence electrons. The molecule has 2 heterocycles. The molecule has 1 atom stereocenters. The lowest BCUT2D eigenvalue weighted by atomic mass is 10.0. The molecule has 2 aromatic rings. The van der Waals surface area contributed by atoms with E-state index in [1.54, 1.807) is 24.3 Å². The van der Waals surface area contributed by atoms with Crippen LogP contribution in [0, 0.1) is 6.92 Å². The highest BCUT2D eigenvalue weighted by atomic mass is 32.2. The molecule has 1 aromatic heterocycles. The van der Waals surface area contributed by atoms with Crippen LogP contribution in [0.3, 0.4) is 0 Å². The number of rotatable bonds is 5. The van der Waals surface area contributed by atoms with Crippen LogP contribution in [0.15, 0.2) is 34.5 Å². The molecule has 0 aliphatic carbocycles. The SMILES string of the molecule is Cc1csc(N2CCN(S(=O)(=O)c3ccc(C(C)C)cc3)C(C(=O)O)C2)n1. The second-order valence-electron chi connectivity index (χ2n) is 6.91. The van der Waals surface area contributed by atoms with Gasteiger partial charge in [0, 0.05) is 25.0 Å². The summed E-state index contributed by atoms with van der Waals surface area (Å²) in [7, 11) is -3.89. The number of nitrogens with zero attached hydrogens (tertiary/aromatic N) is 3. The van der Waals surface area contributed by atoms with Crippen molar-refractivity contribution in [3.8, 4) is 0 Å². The van der Waals surface area contributed by atoms with Crippen molar-refractivity contribution in [2.24, 2.45) is 0 Å². The highest BCUT2D eigenvalue weighted by molar-refractivity contribution is 7.89. The molecule has 1 aliphatic rings. The Labute approximate surface area is 163 Å². The molecule has 3 rings (SSSR count). The van der Waals surface area contributed by atoms with Crippen molar-refractivity contribution in [2.75, 3.05) is 24.5 Å². The van der Waals surface area contributed by atoms with Gasteiger partial charge in [0.2, 0.25) is 10.0 Å². The van der Waals surface area contributed by atoms with Crippen molar-refractivity contribution in [3.63, 3.8) is 0 Å². The first-order valence-electron chi connectivity index (χ1n) is 8.72. The Bertz CT molecular complexity index is 922. The Hall–Kier alpha value is -1.97. The van der Waals surface area contributed by atoms with Crippen molar-refractivity contribution in [2.45, 2.75) is 37.6 Å². The Morgan fingerprint density at radius 3 is 2.44 bits per heavy atom. The van der Waals surface area contributed by atoms with Crippen LogP contribution >= 0.6 is 11.3 Å².